The summed E-state index contributed by atoms with van der Waals surface area (Å²) < 4.78 is 5.95. The first-order valence-electron chi connectivity index (χ1n) is 7.50. The second-order valence-corrected chi connectivity index (χ2v) is 5.80. The number of likely N-dealkylation sites (tertiary alicyclic amines) is 1. The van der Waals surface area contributed by atoms with Crippen LogP contribution in [0.15, 0.2) is 0 Å². The number of rotatable bonds is 7. The Kier molecular flexibility index (Phi) is 7.14. The molecule has 0 N–H and O–H groups in total. The predicted octanol–water partition coefficient (Wildman–Crippen LogP) is 3.70. The van der Waals surface area contributed by atoms with Gasteiger partial charge in [-0.05, 0) is 32.1 Å². The summed E-state index contributed by atoms with van der Waals surface area (Å²) in [4.78, 5) is 2.62. The Hall–Kier alpha value is -0.0800. The van der Waals surface area contributed by atoms with Crippen molar-refractivity contribution in [2.24, 2.45) is 5.92 Å². The zero-order chi connectivity index (χ0) is 12.7. The van der Waals surface area contributed by atoms with Crippen LogP contribution in [-0.2, 0) is 4.74 Å². The maximum absolute atomic E-state index is 5.95. The van der Waals surface area contributed by atoms with Crippen molar-refractivity contribution in [3.63, 3.8) is 0 Å². The predicted molar refractivity (Wildman–Crippen MR) is 74.4 cm³/mol. The summed E-state index contributed by atoms with van der Waals surface area (Å²) >= 11 is 0. The van der Waals surface area contributed by atoms with Gasteiger partial charge in [-0.15, -0.1) is 0 Å². The number of hydrogen-bond donors (Lipinski definition) is 0. The van der Waals surface area contributed by atoms with Gasteiger partial charge in [0.25, 0.3) is 0 Å². The number of piperidine rings is 1. The van der Waals surface area contributed by atoms with Crippen LogP contribution in [0.5, 0.6) is 0 Å². The van der Waals surface area contributed by atoms with Crippen LogP contribution in [0.4, 0.5) is 0 Å². The lowest BCUT2D eigenvalue weighted by atomic mass is 10.00. The number of unbranched alkanes of at least 4 members (excludes halogenated alkanes) is 2. The highest BCUT2D eigenvalue weighted by Crippen LogP contribution is 2.19. The molecule has 102 valence electrons. The molecule has 0 spiro atoms. The van der Waals surface area contributed by atoms with Crippen LogP contribution < -0.4 is 0 Å². The van der Waals surface area contributed by atoms with Crippen LogP contribution in [-0.4, -0.2) is 36.7 Å². The minimum absolute atomic E-state index is 0.530. The smallest absolute Gasteiger partial charge is 0.0599 e. The minimum Gasteiger partial charge on any atom is -0.378 e. The van der Waals surface area contributed by atoms with Gasteiger partial charge in [-0.3, -0.25) is 0 Å². The molecule has 1 unspecified atom stereocenters. The molecule has 1 atom stereocenters. The molecule has 1 rings (SSSR count). The lowest BCUT2D eigenvalue weighted by molar-refractivity contribution is -0.00603. The molecule has 0 aromatic rings. The summed E-state index contributed by atoms with van der Waals surface area (Å²) in [5.74, 6) is 0.761. The Morgan fingerprint density at radius 1 is 1.12 bits per heavy atom. The second kappa shape index (κ2) is 8.10. The molecule has 2 nitrogen and oxygen atoms in total. The molecule has 1 saturated heterocycles. The van der Waals surface area contributed by atoms with Crippen LogP contribution in [0.1, 0.15) is 59.8 Å². The van der Waals surface area contributed by atoms with Crippen molar-refractivity contribution in [1.29, 1.82) is 0 Å². The first-order valence-corrected chi connectivity index (χ1v) is 7.50. The standard InChI is InChI=1S/C15H31NO/c1-5-6-7-12-17-15-8-10-16(11-9-15)14(4)13(2)3/h13-15H,5-12H2,1-4H3. The third-order valence-electron chi connectivity index (χ3n) is 4.12. The third kappa shape index (κ3) is 5.39. The van der Waals surface area contributed by atoms with Crippen LogP contribution >= 0.6 is 0 Å². The molecule has 1 fully saturated rings. The molecule has 0 radical (unpaired) electrons. The second-order valence-electron chi connectivity index (χ2n) is 5.80. The summed E-state index contributed by atoms with van der Waals surface area (Å²) in [5, 5.41) is 0. The van der Waals surface area contributed by atoms with Gasteiger partial charge in [0.1, 0.15) is 0 Å². The van der Waals surface area contributed by atoms with E-state index in [-0.39, 0.29) is 0 Å². The van der Waals surface area contributed by atoms with Crippen molar-refractivity contribution >= 4 is 0 Å². The fourth-order valence-corrected chi connectivity index (χ4v) is 2.47. The molecule has 0 amide bonds. The first-order chi connectivity index (χ1) is 8.15. The van der Waals surface area contributed by atoms with Gasteiger partial charge in [0.15, 0.2) is 0 Å². The van der Waals surface area contributed by atoms with Crippen molar-refractivity contribution in [3.8, 4) is 0 Å². The zero-order valence-corrected chi connectivity index (χ0v) is 12.2. The van der Waals surface area contributed by atoms with Gasteiger partial charge in [-0.1, -0.05) is 33.6 Å². The van der Waals surface area contributed by atoms with Crippen LogP contribution in [0, 0.1) is 5.92 Å². The third-order valence-corrected chi connectivity index (χ3v) is 4.12. The largest absolute Gasteiger partial charge is 0.378 e. The van der Waals surface area contributed by atoms with E-state index in [0.29, 0.717) is 6.10 Å². The molecule has 17 heavy (non-hydrogen) atoms. The fourth-order valence-electron chi connectivity index (χ4n) is 2.47. The van der Waals surface area contributed by atoms with E-state index >= 15 is 0 Å². The van der Waals surface area contributed by atoms with E-state index in [4.69, 9.17) is 4.74 Å². The minimum atomic E-state index is 0.530. The monoisotopic (exact) mass is 241 g/mol. The molecule has 0 bridgehead atoms. The molecule has 1 aliphatic heterocycles. The van der Waals surface area contributed by atoms with Gasteiger partial charge < -0.3 is 9.64 Å². The van der Waals surface area contributed by atoms with Crippen LogP contribution in [0.2, 0.25) is 0 Å². The molecule has 1 heterocycles. The summed E-state index contributed by atoms with van der Waals surface area (Å²) in [6, 6.07) is 0.719. The van der Waals surface area contributed by atoms with Crippen molar-refractivity contribution in [2.45, 2.75) is 71.9 Å². The highest BCUT2D eigenvalue weighted by Gasteiger charge is 2.24. The maximum Gasteiger partial charge on any atom is 0.0599 e. The van der Waals surface area contributed by atoms with E-state index < -0.39 is 0 Å². The number of hydrogen-bond acceptors (Lipinski definition) is 2. The van der Waals surface area contributed by atoms with Gasteiger partial charge in [0, 0.05) is 25.7 Å². The van der Waals surface area contributed by atoms with Crippen molar-refractivity contribution in [1.82, 2.24) is 4.90 Å². The topological polar surface area (TPSA) is 12.5 Å². The van der Waals surface area contributed by atoms with Gasteiger partial charge in [0.2, 0.25) is 0 Å². The van der Waals surface area contributed by atoms with E-state index in [2.05, 4.69) is 32.6 Å². The molecular weight excluding hydrogens is 210 g/mol. The van der Waals surface area contributed by atoms with Crippen LogP contribution in [0.3, 0.4) is 0 Å². The summed E-state index contributed by atoms with van der Waals surface area (Å²) in [5.41, 5.74) is 0. The van der Waals surface area contributed by atoms with E-state index in [9.17, 15) is 0 Å². The maximum atomic E-state index is 5.95. The molecule has 0 aromatic heterocycles. The Balaban J connectivity index is 2.13. The number of nitrogens with zero attached hydrogens (tertiary/aromatic N) is 1. The molecular formula is C15H31NO. The highest BCUT2D eigenvalue weighted by atomic mass is 16.5. The van der Waals surface area contributed by atoms with E-state index in [1.165, 1.54) is 45.2 Å². The molecule has 0 aliphatic carbocycles. The first kappa shape index (κ1) is 15.0. The highest BCUT2D eigenvalue weighted by molar-refractivity contribution is 4.78. The summed E-state index contributed by atoms with van der Waals surface area (Å²) in [6.45, 7) is 12.6. The summed E-state index contributed by atoms with van der Waals surface area (Å²) in [7, 11) is 0. The lowest BCUT2D eigenvalue weighted by Crippen LogP contribution is -2.44. The van der Waals surface area contributed by atoms with Crippen molar-refractivity contribution < 1.29 is 4.74 Å². The van der Waals surface area contributed by atoms with E-state index in [0.717, 1.165) is 18.6 Å². The van der Waals surface area contributed by atoms with Crippen molar-refractivity contribution in [3.05, 3.63) is 0 Å². The lowest BCUT2D eigenvalue weighted by Gasteiger charge is -2.37. The van der Waals surface area contributed by atoms with Gasteiger partial charge in [0.05, 0.1) is 6.10 Å². The fraction of sp³-hybridized carbons (Fsp3) is 1.00. The van der Waals surface area contributed by atoms with Crippen molar-refractivity contribution in [2.75, 3.05) is 19.7 Å². The number of ether oxygens (including phenoxy) is 1. The van der Waals surface area contributed by atoms with Crippen LogP contribution in [0.25, 0.3) is 0 Å². The van der Waals surface area contributed by atoms with Gasteiger partial charge in [-0.25, -0.2) is 0 Å². The SMILES string of the molecule is CCCCCOC1CCN(C(C)C(C)C)CC1. The molecule has 0 aromatic carbocycles. The molecule has 2 heteroatoms. The molecule has 0 saturated carbocycles. The average Bonchev–Trinajstić information content (AvgIpc) is 2.34. The van der Waals surface area contributed by atoms with E-state index in [1.54, 1.807) is 0 Å². The molecule has 1 aliphatic rings. The quantitative estimate of drug-likeness (QED) is 0.630. The average molecular weight is 241 g/mol. The van der Waals surface area contributed by atoms with E-state index in [1.807, 2.05) is 0 Å². The normalized spacial score (nSPS) is 21.0. The summed E-state index contributed by atoms with van der Waals surface area (Å²) in [6.07, 6.45) is 6.81. The Morgan fingerprint density at radius 2 is 1.76 bits per heavy atom. The zero-order valence-electron chi connectivity index (χ0n) is 12.2. The Bertz CT molecular complexity index is 185. The van der Waals surface area contributed by atoms with Gasteiger partial charge in [-0.2, -0.15) is 0 Å². The van der Waals surface area contributed by atoms with Gasteiger partial charge >= 0.3 is 0 Å². The Labute approximate surface area is 108 Å². The Morgan fingerprint density at radius 3 is 2.29 bits per heavy atom.